The summed E-state index contributed by atoms with van der Waals surface area (Å²) in [6, 6.07) is 23.9. The smallest absolute Gasteiger partial charge is 0.136 e. The van der Waals surface area contributed by atoms with Gasteiger partial charge in [-0.25, -0.2) is 4.90 Å². The van der Waals surface area contributed by atoms with E-state index in [1.54, 1.807) is 4.90 Å². The summed E-state index contributed by atoms with van der Waals surface area (Å²) in [6.45, 7) is 2.01. The third kappa shape index (κ3) is 2.99. The fraction of sp³-hybridized carbons (Fsp3) is 0.182. The summed E-state index contributed by atoms with van der Waals surface area (Å²) < 4.78 is 1.06. The normalized spacial score (nSPS) is 20.8. The third-order valence-electron chi connectivity index (χ3n) is 5.14. The summed E-state index contributed by atoms with van der Waals surface area (Å²) in [7, 11) is 0. The van der Waals surface area contributed by atoms with Gasteiger partial charge >= 0.3 is 0 Å². The zero-order chi connectivity index (χ0) is 18.3. The van der Waals surface area contributed by atoms with Gasteiger partial charge < -0.3 is 10.2 Å². The zero-order valence-corrected chi connectivity index (χ0v) is 16.0. The molecule has 4 heteroatoms. The number of rotatable bonds is 3. The molecule has 0 radical (unpaired) electrons. The molecule has 0 aliphatic carbocycles. The second-order valence-corrected chi connectivity index (χ2v) is 7.54. The first-order valence-corrected chi connectivity index (χ1v) is 9.44. The van der Waals surface area contributed by atoms with Gasteiger partial charge in [-0.3, -0.25) is 0 Å². The van der Waals surface area contributed by atoms with Crippen LogP contribution in [0.25, 0.3) is 11.1 Å². The molecule has 26 heavy (non-hydrogen) atoms. The van der Waals surface area contributed by atoms with Gasteiger partial charge in [0.05, 0.1) is 0 Å². The Balaban J connectivity index is 1.59. The number of benzene rings is 3. The fourth-order valence-corrected chi connectivity index (χ4v) is 3.89. The van der Waals surface area contributed by atoms with Crippen LogP contribution in [0.5, 0.6) is 0 Å². The minimum absolute atomic E-state index is 0.119. The van der Waals surface area contributed by atoms with Crippen LogP contribution in [-0.4, -0.2) is 15.1 Å². The molecule has 3 aromatic rings. The van der Waals surface area contributed by atoms with Crippen molar-refractivity contribution in [1.29, 1.82) is 0 Å². The molecule has 0 amide bonds. The van der Waals surface area contributed by atoms with Crippen molar-refractivity contribution < 1.29 is 10.2 Å². The van der Waals surface area contributed by atoms with Crippen molar-refractivity contribution in [2.75, 3.05) is 0 Å². The maximum atomic E-state index is 10.7. The Morgan fingerprint density at radius 1 is 0.769 bits per heavy atom. The molecule has 3 aromatic carbocycles. The first-order chi connectivity index (χ1) is 12.6. The second kappa shape index (κ2) is 6.97. The van der Waals surface area contributed by atoms with Crippen LogP contribution in [0.3, 0.4) is 0 Å². The Labute approximate surface area is 161 Å². The highest BCUT2D eigenvalue weighted by molar-refractivity contribution is 9.10. The van der Waals surface area contributed by atoms with Gasteiger partial charge in [0.1, 0.15) is 12.5 Å². The summed E-state index contributed by atoms with van der Waals surface area (Å²) in [4.78, 5) is 1.74. The standard InChI is InChI=1S/C22H20BrNO2/c1-14(24-21(25)19-4-2-3-5-20(19)22(24)26)15-6-8-16(9-7-15)17-10-12-18(23)13-11-17/h2-14,21-22,25-26H,1H3. The Kier molecular flexibility index (Phi) is 4.67. The number of aliphatic hydroxyl groups excluding tert-OH is 2. The van der Waals surface area contributed by atoms with Crippen LogP contribution in [0.2, 0.25) is 0 Å². The number of nitrogens with zero attached hydrogens (tertiary/aromatic N) is 1. The summed E-state index contributed by atoms with van der Waals surface area (Å²) in [6.07, 6.45) is -1.61. The van der Waals surface area contributed by atoms with E-state index in [-0.39, 0.29) is 6.04 Å². The van der Waals surface area contributed by atoms with Gasteiger partial charge in [-0.05, 0) is 35.7 Å². The molecule has 3 nitrogen and oxygen atoms in total. The van der Waals surface area contributed by atoms with Gasteiger partial charge in [0, 0.05) is 21.6 Å². The van der Waals surface area contributed by atoms with Crippen molar-refractivity contribution in [2.24, 2.45) is 0 Å². The molecule has 0 aromatic heterocycles. The molecule has 1 heterocycles. The SMILES string of the molecule is CC(c1ccc(-c2ccc(Br)cc2)cc1)N1C(O)c2ccccc2C1O. The fourth-order valence-electron chi connectivity index (χ4n) is 3.63. The van der Waals surface area contributed by atoms with Gasteiger partial charge in [0.2, 0.25) is 0 Å². The van der Waals surface area contributed by atoms with Gasteiger partial charge in [-0.1, -0.05) is 76.6 Å². The first-order valence-electron chi connectivity index (χ1n) is 8.64. The largest absolute Gasteiger partial charge is 0.374 e. The summed E-state index contributed by atoms with van der Waals surface area (Å²) in [5, 5.41) is 21.3. The topological polar surface area (TPSA) is 43.7 Å². The number of hydrogen-bond acceptors (Lipinski definition) is 3. The number of fused-ring (bicyclic) bond motifs is 1. The third-order valence-corrected chi connectivity index (χ3v) is 5.66. The van der Waals surface area contributed by atoms with Crippen LogP contribution in [0.4, 0.5) is 0 Å². The van der Waals surface area contributed by atoms with E-state index in [1.807, 2.05) is 43.3 Å². The summed E-state index contributed by atoms with van der Waals surface area (Å²) in [5.74, 6) is 0. The predicted molar refractivity (Wildman–Crippen MR) is 106 cm³/mol. The predicted octanol–water partition coefficient (Wildman–Crippen LogP) is 5.17. The van der Waals surface area contributed by atoms with E-state index >= 15 is 0 Å². The van der Waals surface area contributed by atoms with Gasteiger partial charge in [-0.2, -0.15) is 0 Å². The zero-order valence-electron chi connectivity index (χ0n) is 14.4. The van der Waals surface area contributed by atoms with Crippen molar-refractivity contribution in [3.05, 3.63) is 94.0 Å². The van der Waals surface area contributed by atoms with Crippen molar-refractivity contribution in [2.45, 2.75) is 25.4 Å². The number of aliphatic hydroxyl groups is 2. The Morgan fingerprint density at radius 3 is 1.73 bits per heavy atom. The maximum Gasteiger partial charge on any atom is 0.136 e. The van der Waals surface area contributed by atoms with Crippen molar-refractivity contribution in [3.63, 3.8) is 0 Å². The van der Waals surface area contributed by atoms with Crippen LogP contribution in [0.1, 0.15) is 42.1 Å². The minimum Gasteiger partial charge on any atom is -0.374 e. The molecule has 2 N–H and O–H groups in total. The van der Waals surface area contributed by atoms with Crippen LogP contribution in [0, 0.1) is 0 Å². The highest BCUT2D eigenvalue weighted by atomic mass is 79.9. The van der Waals surface area contributed by atoms with Crippen molar-refractivity contribution in [3.8, 4) is 11.1 Å². The first kappa shape index (κ1) is 17.4. The lowest BCUT2D eigenvalue weighted by atomic mass is 10.0. The van der Waals surface area contributed by atoms with Crippen LogP contribution >= 0.6 is 15.9 Å². The monoisotopic (exact) mass is 409 g/mol. The van der Waals surface area contributed by atoms with Gasteiger partial charge in [-0.15, -0.1) is 0 Å². The molecular formula is C22H20BrNO2. The second-order valence-electron chi connectivity index (χ2n) is 6.63. The molecule has 1 aliphatic rings. The Bertz CT molecular complexity index is 879. The molecule has 0 bridgehead atoms. The molecule has 0 saturated carbocycles. The lowest BCUT2D eigenvalue weighted by Gasteiger charge is -2.31. The van der Waals surface area contributed by atoms with E-state index in [0.717, 1.165) is 32.3 Å². The van der Waals surface area contributed by atoms with Crippen molar-refractivity contribution in [1.82, 2.24) is 4.90 Å². The molecule has 3 atom stereocenters. The van der Waals surface area contributed by atoms with Crippen LogP contribution in [-0.2, 0) is 0 Å². The molecule has 0 spiro atoms. The molecule has 3 unspecified atom stereocenters. The van der Waals surface area contributed by atoms with Crippen molar-refractivity contribution >= 4 is 15.9 Å². The molecule has 0 fully saturated rings. The Morgan fingerprint density at radius 2 is 1.23 bits per heavy atom. The number of hydrogen-bond donors (Lipinski definition) is 2. The highest BCUT2D eigenvalue weighted by Crippen LogP contribution is 2.44. The van der Waals surface area contributed by atoms with E-state index in [0.29, 0.717) is 0 Å². The van der Waals surface area contributed by atoms with E-state index < -0.39 is 12.5 Å². The van der Waals surface area contributed by atoms with Gasteiger partial charge in [0.15, 0.2) is 0 Å². The molecule has 1 aliphatic heterocycles. The van der Waals surface area contributed by atoms with Crippen LogP contribution in [0.15, 0.2) is 77.3 Å². The summed E-state index contributed by atoms with van der Waals surface area (Å²) >= 11 is 3.46. The highest BCUT2D eigenvalue weighted by Gasteiger charge is 2.39. The van der Waals surface area contributed by atoms with E-state index in [2.05, 4.69) is 52.3 Å². The average Bonchev–Trinajstić information content (AvgIpc) is 2.93. The minimum atomic E-state index is -0.803. The Hall–Kier alpha value is -1.98. The van der Waals surface area contributed by atoms with E-state index in [9.17, 15) is 10.2 Å². The summed E-state index contributed by atoms with van der Waals surface area (Å²) in [5.41, 5.74) is 4.90. The molecule has 0 saturated heterocycles. The molecular weight excluding hydrogens is 390 g/mol. The lowest BCUT2D eigenvalue weighted by molar-refractivity contribution is -0.108. The quantitative estimate of drug-likeness (QED) is 0.626. The van der Waals surface area contributed by atoms with E-state index in [4.69, 9.17) is 0 Å². The average molecular weight is 410 g/mol. The number of halogens is 1. The molecule has 132 valence electrons. The van der Waals surface area contributed by atoms with E-state index in [1.165, 1.54) is 0 Å². The van der Waals surface area contributed by atoms with Gasteiger partial charge in [0.25, 0.3) is 0 Å². The lowest BCUT2D eigenvalue weighted by Crippen LogP contribution is -2.29. The maximum absolute atomic E-state index is 10.7. The van der Waals surface area contributed by atoms with Crippen LogP contribution < -0.4 is 0 Å². The molecule has 4 rings (SSSR count).